The van der Waals surface area contributed by atoms with Crippen LogP contribution in [0.3, 0.4) is 0 Å². The van der Waals surface area contributed by atoms with Crippen LogP contribution in [0.4, 0.5) is 13.2 Å². The number of hydrogen-bond acceptors (Lipinski definition) is 2. The van der Waals surface area contributed by atoms with Crippen molar-refractivity contribution < 1.29 is 13.2 Å². The first-order valence-corrected chi connectivity index (χ1v) is 5.56. The Morgan fingerprint density at radius 1 is 1.20 bits per heavy atom. The molecule has 1 atom stereocenters. The fourth-order valence-electron chi connectivity index (χ4n) is 2.09. The molecule has 0 aliphatic carbocycles. The molecule has 2 nitrogen and oxygen atoms in total. The van der Waals surface area contributed by atoms with E-state index in [1.165, 1.54) is 0 Å². The van der Waals surface area contributed by atoms with Crippen molar-refractivity contribution in [3.63, 3.8) is 0 Å². The summed E-state index contributed by atoms with van der Waals surface area (Å²) in [5.74, 6) is 0. The predicted molar refractivity (Wildman–Crippen MR) is 53.6 cm³/mol. The number of likely N-dealkylation sites (tertiary alicyclic amines) is 1. The summed E-state index contributed by atoms with van der Waals surface area (Å²) in [5.41, 5.74) is 5.32. The second-order valence-corrected chi connectivity index (χ2v) is 4.08. The summed E-state index contributed by atoms with van der Waals surface area (Å²) in [7, 11) is 0. The van der Waals surface area contributed by atoms with E-state index in [4.69, 9.17) is 5.73 Å². The van der Waals surface area contributed by atoms with Crippen LogP contribution < -0.4 is 5.73 Å². The van der Waals surface area contributed by atoms with Crippen LogP contribution >= 0.6 is 0 Å². The Bertz CT molecular complexity index is 182. The summed E-state index contributed by atoms with van der Waals surface area (Å²) in [6, 6.07) is -1.22. The molecule has 1 rings (SSSR count). The van der Waals surface area contributed by atoms with E-state index in [1.54, 1.807) is 4.90 Å². The van der Waals surface area contributed by atoms with Gasteiger partial charge in [-0.3, -0.25) is 4.90 Å². The average Bonchev–Trinajstić information content (AvgIpc) is 2.17. The fraction of sp³-hybridized carbons (Fsp3) is 1.00. The van der Waals surface area contributed by atoms with E-state index in [1.807, 2.05) is 0 Å². The lowest BCUT2D eigenvalue weighted by atomic mass is 10.0. The number of alkyl halides is 3. The van der Waals surface area contributed by atoms with E-state index in [9.17, 15) is 13.2 Å². The lowest BCUT2D eigenvalue weighted by Crippen LogP contribution is -2.48. The highest BCUT2D eigenvalue weighted by Gasteiger charge is 2.43. The standard InChI is InChI=1S/C10H19F3N2/c11-10(12,13)9-5-1-3-7-15(9)8-4-2-6-14/h9H,1-8,14H2. The van der Waals surface area contributed by atoms with Gasteiger partial charge < -0.3 is 5.73 Å². The van der Waals surface area contributed by atoms with Crippen LogP contribution in [0.1, 0.15) is 32.1 Å². The molecule has 1 unspecified atom stereocenters. The van der Waals surface area contributed by atoms with E-state index in [2.05, 4.69) is 0 Å². The molecule has 0 bridgehead atoms. The third-order valence-corrected chi connectivity index (χ3v) is 2.89. The topological polar surface area (TPSA) is 29.3 Å². The Morgan fingerprint density at radius 3 is 2.53 bits per heavy atom. The first-order chi connectivity index (χ1) is 7.05. The van der Waals surface area contributed by atoms with Crippen molar-refractivity contribution in [2.24, 2.45) is 5.73 Å². The third-order valence-electron chi connectivity index (χ3n) is 2.89. The number of nitrogens with two attached hydrogens (primary N) is 1. The van der Waals surface area contributed by atoms with Gasteiger partial charge in [-0.25, -0.2) is 0 Å². The summed E-state index contributed by atoms with van der Waals surface area (Å²) in [6.07, 6.45) is -0.661. The molecule has 0 aromatic carbocycles. The van der Waals surface area contributed by atoms with Gasteiger partial charge in [0, 0.05) is 0 Å². The smallest absolute Gasteiger partial charge is 0.330 e. The van der Waals surface area contributed by atoms with E-state index >= 15 is 0 Å². The minimum atomic E-state index is -4.07. The summed E-state index contributed by atoms with van der Waals surface area (Å²) >= 11 is 0. The zero-order valence-corrected chi connectivity index (χ0v) is 8.89. The second-order valence-electron chi connectivity index (χ2n) is 4.08. The maximum absolute atomic E-state index is 12.6. The minimum absolute atomic E-state index is 0.256. The van der Waals surface area contributed by atoms with Gasteiger partial charge >= 0.3 is 6.18 Å². The van der Waals surface area contributed by atoms with E-state index < -0.39 is 12.2 Å². The summed E-state index contributed by atoms with van der Waals surface area (Å²) in [6.45, 7) is 1.67. The maximum Gasteiger partial charge on any atom is 0.404 e. The molecule has 0 spiro atoms. The van der Waals surface area contributed by atoms with Crippen molar-refractivity contribution in [1.29, 1.82) is 0 Å². The number of halogens is 3. The summed E-state index contributed by atoms with van der Waals surface area (Å²) in [4.78, 5) is 1.57. The highest BCUT2D eigenvalue weighted by atomic mass is 19.4. The van der Waals surface area contributed by atoms with Crippen LogP contribution in [-0.2, 0) is 0 Å². The van der Waals surface area contributed by atoms with Crippen molar-refractivity contribution >= 4 is 0 Å². The molecular weight excluding hydrogens is 205 g/mol. The fourth-order valence-corrected chi connectivity index (χ4v) is 2.09. The van der Waals surface area contributed by atoms with Gasteiger partial charge in [0.25, 0.3) is 0 Å². The largest absolute Gasteiger partial charge is 0.404 e. The Labute approximate surface area is 88.6 Å². The summed E-state index contributed by atoms with van der Waals surface area (Å²) < 4.78 is 37.9. The highest BCUT2D eigenvalue weighted by molar-refractivity contribution is 4.82. The predicted octanol–water partition coefficient (Wildman–Crippen LogP) is 2.14. The lowest BCUT2D eigenvalue weighted by Gasteiger charge is -2.36. The SMILES string of the molecule is NCCCCN1CCCCC1C(F)(F)F. The van der Waals surface area contributed by atoms with Gasteiger partial charge in [-0.05, 0) is 45.3 Å². The molecule has 15 heavy (non-hydrogen) atoms. The molecule has 5 heteroatoms. The summed E-state index contributed by atoms with van der Waals surface area (Å²) in [5, 5.41) is 0. The number of rotatable bonds is 4. The van der Waals surface area contributed by atoms with E-state index in [-0.39, 0.29) is 6.42 Å². The van der Waals surface area contributed by atoms with Crippen LogP contribution in [0.15, 0.2) is 0 Å². The molecule has 1 aliphatic heterocycles. The molecule has 0 aromatic heterocycles. The highest BCUT2D eigenvalue weighted by Crippen LogP contribution is 2.31. The molecule has 0 amide bonds. The van der Waals surface area contributed by atoms with Gasteiger partial charge in [-0.15, -0.1) is 0 Å². The van der Waals surface area contributed by atoms with Crippen molar-refractivity contribution in [1.82, 2.24) is 4.90 Å². The zero-order chi connectivity index (χ0) is 11.3. The third kappa shape index (κ3) is 3.99. The van der Waals surface area contributed by atoms with Gasteiger partial charge in [-0.1, -0.05) is 6.42 Å². The van der Waals surface area contributed by atoms with Crippen LogP contribution in [0.25, 0.3) is 0 Å². The lowest BCUT2D eigenvalue weighted by molar-refractivity contribution is -0.191. The second kappa shape index (κ2) is 5.70. The first-order valence-electron chi connectivity index (χ1n) is 5.56. The molecule has 1 heterocycles. The normalized spacial score (nSPS) is 24.4. The Morgan fingerprint density at radius 2 is 1.93 bits per heavy atom. The maximum atomic E-state index is 12.6. The van der Waals surface area contributed by atoms with E-state index in [0.29, 0.717) is 26.1 Å². The number of piperidine rings is 1. The Hall–Kier alpha value is -0.290. The molecular formula is C10H19F3N2. The van der Waals surface area contributed by atoms with Crippen LogP contribution in [0, 0.1) is 0 Å². The molecule has 90 valence electrons. The quantitative estimate of drug-likeness (QED) is 0.741. The Kier molecular flexibility index (Phi) is 4.86. The van der Waals surface area contributed by atoms with Gasteiger partial charge in [-0.2, -0.15) is 13.2 Å². The van der Waals surface area contributed by atoms with Crippen LogP contribution in [0.2, 0.25) is 0 Å². The van der Waals surface area contributed by atoms with Crippen molar-refractivity contribution in [2.45, 2.75) is 44.3 Å². The zero-order valence-electron chi connectivity index (χ0n) is 8.89. The minimum Gasteiger partial charge on any atom is -0.330 e. The molecule has 0 radical (unpaired) electrons. The number of hydrogen-bond donors (Lipinski definition) is 1. The monoisotopic (exact) mass is 224 g/mol. The molecule has 0 saturated carbocycles. The van der Waals surface area contributed by atoms with Crippen molar-refractivity contribution in [3.8, 4) is 0 Å². The first kappa shape index (κ1) is 12.8. The van der Waals surface area contributed by atoms with Gasteiger partial charge in [0.2, 0.25) is 0 Å². The van der Waals surface area contributed by atoms with Gasteiger partial charge in [0.1, 0.15) is 6.04 Å². The van der Waals surface area contributed by atoms with Crippen molar-refractivity contribution in [3.05, 3.63) is 0 Å². The van der Waals surface area contributed by atoms with Gasteiger partial charge in [0.15, 0.2) is 0 Å². The molecule has 1 saturated heterocycles. The average molecular weight is 224 g/mol. The van der Waals surface area contributed by atoms with Crippen molar-refractivity contribution in [2.75, 3.05) is 19.6 Å². The molecule has 1 aliphatic rings. The molecule has 2 N–H and O–H groups in total. The van der Waals surface area contributed by atoms with Crippen LogP contribution in [0.5, 0.6) is 0 Å². The number of nitrogens with zero attached hydrogens (tertiary/aromatic N) is 1. The molecule has 1 fully saturated rings. The Balaban J connectivity index is 2.43. The molecule has 0 aromatic rings. The van der Waals surface area contributed by atoms with E-state index in [0.717, 1.165) is 19.3 Å². The van der Waals surface area contributed by atoms with Gasteiger partial charge in [0.05, 0.1) is 0 Å². The van der Waals surface area contributed by atoms with Crippen LogP contribution in [-0.4, -0.2) is 36.8 Å². The number of unbranched alkanes of at least 4 members (excludes halogenated alkanes) is 1.